The maximum atomic E-state index is 4.48. The highest BCUT2D eigenvalue weighted by Gasteiger charge is 2.63. The van der Waals surface area contributed by atoms with Gasteiger partial charge in [0, 0.05) is 5.41 Å². The van der Waals surface area contributed by atoms with Gasteiger partial charge in [0.1, 0.15) is 0 Å². The summed E-state index contributed by atoms with van der Waals surface area (Å²) in [5.41, 5.74) is 5.58. The second-order valence-electron chi connectivity index (χ2n) is 10.2. The molecular weight excluding hydrogens is 300 g/mol. The largest absolute Gasteiger partial charge is 0.0996 e. The lowest BCUT2D eigenvalue weighted by molar-refractivity contribution is -0.0976. The van der Waals surface area contributed by atoms with Crippen LogP contribution in [0.5, 0.6) is 0 Å². The van der Waals surface area contributed by atoms with Gasteiger partial charge in [0.25, 0.3) is 0 Å². The van der Waals surface area contributed by atoms with Gasteiger partial charge >= 0.3 is 0 Å². The minimum absolute atomic E-state index is 0.259. The molecule has 0 aromatic carbocycles. The first-order valence-electron chi connectivity index (χ1n) is 10.5. The molecule has 0 bridgehead atoms. The Morgan fingerprint density at radius 2 is 1.84 bits per heavy atom. The van der Waals surface area contributed by atoms with Crippen LogP contribution in [0.15, 0.2) is 48.1 Å². The van der Waals surface area contributed by atoms with Gasteiger partial charge in [-0.15, -0.1) is 0 Å². The molecule has 4 rings (SSSR count). The second kappa shape index (κ2) is 5.48. The highest BCUT2D eigenvalue weighted by Crippen LogP contribution is 2.71. The van der Waals surface area contributed by atoms with Crippen LogP contribution in [0.3, 0.4) is 0 Å². The summed E-state index contributed by atoms with van der Waals surface area (Å²) in [5, 5.41) is 0. The molecule has 0 saturated heterocycles. The molecule has 4 aliphatic rings. The van der Waals surface area contributed by atoms with Crippen LogP contribution in [-0.4, -0.2) is 0 Å². The molecule has 0 nitrogen and oxygen atoms in total. The molecule has 0 spiro atoms. The number of hydrogen-bond donors (Lipinski definition) is 0. The Kier molecular flexibility index (Phi) is 3.81. The van der Waals surface area contributed by atoms with Crippen LogP contribution in [0.2, 0.25) is 0 Å². The summed E-state index contributed by atoms with van der Waals surface area (Å²) in [4.78, 5) is 0. The van der Waals surface area contributed by atoms with E-state index in [9.17, 15) is 0 Å². The lowest BCUT2D eigenvalue weighted by Crippen LogP contribution is -2.55. The molecular formula is C25H36. The summed E-state index contributed by atoms with van der Waals surface area (Å²) >= 11 is 0. The summed E-state index contributed by atoms with van der Waals surface area (Å²) in [6, 6.07) is 0. The zero-order chi connectivity index (χ0) is 18.0. The van der Waals surface area contributed by atoms with Crippen LogP contribution in [0.25, 0.3) is 0 Å². The van der Waals surface area contributed by atoms with Crippen molar-refractivity contribution in [2.45, 2.75) is 72.6 Å². The Morgan fingerprint density at radius 1 is 1.08 bits per heavy atom. The van der Waals surface area contributed by atoms with Crippen molar-refractivity contribution in [1.29, 1.82) is 0 Å². The molecule has 0 aromatic heterocycles. The molecule has 3 saturated carbocycles. The van der Waals surface area contributed by atoms with Crippen molar-refractivity contribution in [1.82, 2.24) is 0 Å². The molecule has 0 heteroatoms. The monoisotopic (exact) mass is 336 g/mol. The van der Waals surface area contributed by atoms with E-state index in [1.54, 1.807) is 5.57 Å². The minimum atomic E-state index is 0.259. The first-order valence-corrected chi connectivity index (χ1v) is 10.5. The molecule has 25 heavy (non-hydrogen) atoms. The molecule has 5 unspecified atom stereocenters. The van der Waals surface area contributed by atoms with Crippen molar-refractivity contribution in [2.24, 2.45) is 34.0 Å². The van der Waals surface area contributed by atoms with E-state index in [4.69, 9.17) is 0 Å². The van der Waals surface area contributed by atoms with Gasteiger partial charge in [-0.05, 0) is 79.1 Å². The number of allylic oxidation sites excluding steroid dienone is 6. The smallest absolute Gasteiger partial charge is 0.0103 e. The fourth-order valence-electron chi connectivity index (χ4n) is 7.85. The third-order valence-corrected chi connectivity index (χ3v) is 9.20. The van der Waals surface area contributed by atoms with Crippen LogP contribution in [0, 0.1) is 34.0 Å². The maximum absolute atomic E-state index is 4.48. The SMILES string of the molecule is C=C1C=CC2(C)C(=C1)CCC1(C)C2CCC2(C)C(C(=C)CC)CC[C@H]21. The average Bonchev–Trinajstić information content (AvgIpc) is 2.93. The predicted octanol–water partition coefficient (Wildman–Crippen LogP) is 7.25. The number of rotatable bonds is 2. The Labute approximate surface area is 155 Å². The Balaban J connectivity index is 1.73. The first kappa shape index (κ1) is 17.4. The molecule has 136 valence electrons. The Morgan fingerprint density at radius 3 is 2.56 bits per heavy atom. The van der Waals surface area contributed by atoms with Gasteiger partial charge in [-0.25, -0.2) is 0 Å². The predicted molar refractivity (Wildman–Crippen MR) is 108 cm³/mol. The molecule has 0 aliphatic heterocycles. The van der Waals surface area contributed by atoms with E-state index in [0.717, 1.165) is 24.2 Å². The maximum Gasteiger partial charge on any atom is 0.0103 e. The van der Waals surface area contributed by atoms with Gasteiger partial charge < -0.3 is 0 Å². The average molecular weight is 337 g/mol. The summed E-state index contributed by atoms with van der Waals surface area (Å²) < 4.78 is 0. The van der Waals surface area contributed by atoms with Gasteiger partial charge in [0.05, 0.1) is 0 Å². The van der Waals surface area contributed by atoms with Crippen LogP contribution in [-0.2, 0) is 0 Å². The zero-order valence-corrected chi connectivity index (χ0v) is 16.8. The van der Waals surface area contributed by atoms with Gasteiger partial charge in [0.15, 0.2) is 0 Å². The van der Waals surface area contributed by atoms with Crippen molar-refractivity contribution in [3.63, 3.8) is 0 Å². The highest BCUT2D eigenvalue weighted by molar-refractivity contribution is 5.44. The molecule has 0 amide bonds. The number of hydrogen-bond acceptors (Lipinski definition) is 0. The van der Waals surface area contributed by atoms with Crippen LogP contribution < -0.4 is 0 Å². The standard InChI is InChI=1S/C25H36/c1-7-18(3)20-8-9-21-24(20,5)15-12-22-23(4)13-10-17(2)16-19(23)11-14-25(21,22)6/h10,13,16,20-22H,2-3,7-9,11-12,14-15H2,1,4-6H3/t20?,21-,22?,23?,24?,25?/m1/s1. The zero-order valence-electron chi connectivity index (χ0n) is 16.8. The summed E-state index contributed by atoms with van der Waals surface area (Å²) in [6.07, 6.45) is 16.5. The Bertz CT molecular complexity index is 676. The lowest BCUT2D eigenvalue weighted by Gasteiger charge is -2.63. The second-order valence-corrected chi connectivity index (χ2v) is 10.2. The molecule has 0 radical (unpaired) electrons. The first-order chi connectivity index (χ1) is 11.8. The summed E-state index contributed by atoms with van der Waals surface area (Å²) in [6.45, 7) is 18.7. The molecule has 0 N–H and O–H groups in total. The Hall–Kier alpha value is -1.04. The van der Waals surface area contributed by atoms with Gasteiger partial charge in [-0.3, -0.25) is 0 Å². The normalized spacial score (nSPS) is 48.4. The quantitative estimate of drug-likeness (QED) is 0.466. The fraction of sp³-hybridized carbons (Fsp3) is 0.680. The third-order valence-electron chi connectivity index (χ3n) is 9.20. The topological polar surface area (TPSA) is 0 Å². The summed E-state index contributed by atoms with van der Waals surface area (Å²) in [7, 11) is 0. The van der Waals surface area contributed by atoms with Crippen molar-refractivity contribution in [3.05, 3.63) is 48.1 Å². The van der Waals surface area contributed by atoms with Gasteiger partial charge in [-0.1, -0.05) is 70.2 Å². The molecule has 0 heterocycles. The van der Waals surface area contributed by atoms with Gasteiger partial charge in [-0.2, -0.15) is 0 Å². The van der Waals surface area contributed by atoms with E-state index in [-0.39, 0.29) is 5.41 Å². The lowest BCUT2D eigenvalue weighted by atomic mass is 9.41. The number of fused-ring (bicyclic) bond motifs is 5. The minimum Gasteiger partial charge on any atom is -0.0996 e. The van der Waals surface area contributed by atoms with Crippen LogP contribution in [0.1, 0.15) is 72.6 Å². The highest BCUT2D eigenvalue weighted by atomic mass is 14.7. The van der Waals surface area contributed by atoms with Crippen molar-refractivity contribution in [2.75, 3.05) is 0 Å². The van der Waals surface area contributed by atoms with Crippen molar-refractivity contribution < 1.29 is 0 Å². The molecule has 3 fully saturated rings. The van der Waals surface area contributed by atoms with E-state index in [0.29, 0.717) is 10.8 Å². The van der Waals surface area contributed by atoms with E-state index < -0.39 is 0 Å². The summed E-state index contributed by atoms with van der Waals surface area (Å²) in [5.74, 6) is 2.41. The van der Waals surface area contributed by atoms with E-state index in [1.807, 2.05) is 0 Å². The fourth-order valence-corrected chi connectivity index (χ4v) is 7.85. The van der Waals surface area contributed by atoms with Crippen molar-refractivity contribution >= 4 is 0 Å². The third kappa shape index (κ3) is 2.18. The molecule has 4 aliphatic carbocycles. The molecule has 6 atom stereocenters. The van der Waals surface area contributed by atoms with E-state index >= 15 is 0 Å². The van der Waals surface area contributed by atoms with Crippen LogP contribution in [0.4, 0.5) is 0 Å². The van der Waals surface area contributed by atoms with E-state index in [1.165, 1.54) is 49.7 Å². The van der Waals surface area contributed by atoms with Crippen LogP contribution >= 0.6 is 0 Å². The van der Waals surface area contributed by atoms with Gasteiger partial charge in [0.2, 0.25) is 0 Å². The molecule has 0 aromatic rings. The van der Waals surface area contributed by atoms with E-state index in [2.05, 4.69) is 59.1 Å². The van der Waals surface area contributed by atoms with Crippen molar-refractivity contribution in [3.8, 4) is 0 Å².